The Morgan fingerprint density at radius 2 is 1.76 bits per heavy atom. The van der Waals surface area contributed by atoms with E-state index in [0.29, 0.717) is 0 Å². The molecule has 1 saturated carbocycles. The summed E-state index contributed by atoms with van der Waals surface area (Å²) in [4.78, 5) is 0. The van der Waals surface area contributed by atoms with Gasteiger partial charge in [-0.25, -0.2) is 0 Å². The van der Waals surface area contributed by atoms with Crippen LogP contribution in [-0.4, -0.2) is 11.2 Å². The maximum Gasteiger partial charge on any atom is 0.0543 e. The fourth-order valence-corrected chi connectivity index (χ4v) is 2.85. The topological polar surface area (TPSA) is 20.2 Å². The molecular weight excluding hydrogens is 208 g/mol. The van der Waals surface area contributed by atoms with E-state index in [-0.39, 0.29) is 6.10 Å². The van der Waals surface area contributed by atoms with Crippen molar-refractivity contribution in [2.24, 2.45) is 5.92 Å². The zero-order chi connectivity index (χ0) is 11.9. The standard InChI is InChI=1S/C16H24O/c17-16(13-11-15-8-4-5-9-15)12-10-14-6-2-1-3-7-14/h1-3,6-7,15-17H,4-5,8-13H2. The van der Waals surface area contributed by atoms with Gasteiger partial charge in [0.2, 0.25) is 0 Å². The van der Waals surface area contributed by atoms with E-state index < -0.39 is 0 Å². The average Bonchev–Trinajstić information content (AvgIpc) is 2.88. The normalized spacial score (nSPS) is 18.4. The number of aryl methyl sites for hydroxylation is 1. The second-order valence-corrected chi connectivity index (χ2v) is 5.41. The van der Waals surface area contributed by atoms with Gasteiger partial charge in [-0.3, -0.25) is 0 Å². The second kappa shape index (κ2) is 6.80. The zero-order valence-corrected chi connectivity index (χ0v) is 10.6. The summed E-state index contributed by atoms with van der Waals surface area (Å²) in [5.41, 5.74) is 1.34. The minimum Gasteiger partial charge on any atom is -0.393 e. The van der Waals surface area contributed by atoms with E-state index in [1.807, 2.05) is 6.07 Å². The number of rotatable bonds is 6. The molecule has 0 spiro atoms. The first-order valence-corrected chi connectivity index (χ1v) is 7.06. The van der Waals surface area contributed by atoms with E-state index in [0.717, 1.165) is 25.2 Å². The van der Waals surface area contributed by atoms with Crippen LogP contribution in [-0.2, 0) is 6.42 Å². The molecule has 0 aromatic heterocycles. The minimum atomic E-state index is -0.101. The molecule has 1 nitrogen and oxygen atoms in total. The van der Waals surface area contributed by atoms with E-state index in [1.165, 1.54) is 37.7 Å². The summed E-state index contributed by atoms with van der Waals surface area (Å²) >= 11 is 0. The zero-order valence-electron chi connectivity index (χ0n) is 10.6. The lowest BCUT2D eigenvalue weighted by Crippen LogP contribution is -2.10. The van der Waals surface area contributed by atoms with Gasteiger partial charge in [0.05, 0.1) is 6.10 Å². The van der Waals surface area contributed by atoms with Gasteiger partial charge in [-0.15, -0.1) is 0 Å². The molecule has 1 aliphatic carbocycles. The van der Waals surface area contributed by atoms with Crippen LogP contribution in [0.1, 0.15) is 50.5 Å². The molecule has 0 saturated heterocycles. The quantitative estimate of drug-likeness (QED) is 0.787. The summed E-state index contributed by atoms with van der Waals surface area (Å²) in [7, 11) is 0. The molecule has 1 heteroatoms. The largest absolute Gasteiger partial charge is 0.393 e. The summed E-state index contributed by atoms with van der Waals surface area (Å²) in [6, 6.07) is 10.5. The fourth-order valence-electron chi connectivity index (χ4n) is 2.85. The summed E-state index contributed by atoms with van der Waals surface area (Å²) in [5, 5.41) is 9.97. The molecule has 0 bridgehead atoms. The number of aliphatic hydroxyl groups excluding tert-OH is 1. The van der Waals surface area contributed by atoms with Crippen molar-refractivity contribution in [1.29, 1.82) is 0 Å². The van der Waals surface area contributed by atoms with Crippen molar-refractivity contribution in [2.75, 3.05) is 0 Å². The first-order chi connectivity index (χ1) is 8.34. The molecular formula is C16H24O. The van der Waals surface area contributed by atoms with Crippen molar-refractivity contribution in [3.63, 3.8) is 0 Å². The van der Waals surface area contributed by atoms with Crippen LogP contribution < -0.4 is 0 Å². The predicted molar refractivity (Wildman–Crippen MR) is 72.0 cm³/mol. The molecule has 0 aliphatic heterocycles. The molecule has 1 aliphatic rings. The Morgan fingerprint density at radius 3 is 2.47 bits per heavy atom. The molecule has 1 aromatic carbocycles. The fraction of sp³-hybridized carbons (Fsp3) is 0.625. The lowest BCUT2D eigenvalue weighted by atomic mass is 9.97. The molecule has 17 heavy (non-hydrogen) atoms. The summed E-state index contributed by atoms with van der Waals surface area (Å²) < 4.78 is 0. The van der Waals surface area contributed by atoms with Gasteiger partial charge in [0.1, 0.15) is 0 Å². The van der Waals surface area contributed by atoms with Crippen LogP contribution in [0.3, 0.4) is 0 Å². The molecule has 1 unspecified atom stereocenters. The van der Waals surface area contributed by atoms with Gasteiger partial charge in [-0.05, 0) is 37.2 Å². The second-order valence-electron chi connectivity index (χ2n) is 5.41. The van der Waals surface area contributed by atoms with Crippen molar-refractivity contribution >= 4 is 0 Å². The van der Waals surface area contributed by atoms with Crippen LogP contribution in [0.25, 0.3) is 0 Å². The lowest BCUT2D eigenvalue weighted by Gasteiger charge is -2.13. The Hall–Kier alpha value is -0.820. The third-order valence-electron chi connectivity index (χ3n) is 3.99. The third kappa shape index (κ3) is 4.51. The Labute approximate surface area is 105 Å². The van der Waals surface area contributed by atoms with E-state index in [2.05, 4.69) is 24.3 Å². The van der Waals surface area contributed by atoms with Crippen molar-refractivity contribution in [3.05, 3.63) is 35.9 Å². The highest BCUT2D eigenvalue weighted by Crippen LogP contribution is 2.29. The monoisotopic (exact) mass is 232 g/mol. The molecule has 0 heterocycles. The minimum absolute atomic E-state index is 0.101. The molecule has 2 rings (SSSR count). The number of benzene rings is 1. The van der Waals surface area contributed by atoms with Gasteiger partial charge in [-0.1, -0.05) is 56.0 Å². The van der Waals surface area contributed by atoms with Gasteiger partial charge in [0.25, 0.3) is 0 Å². The maximum absolute atomic E-state index is 9.97. The van der Waals surface area contributed by atoms with Crippen LogP contribution in [0.5, 0.6) is 0 Å². The van der Waals surface area contributed by atoms with Crippen LogP contribution in [0.2, 0.25) is 0 Å². The smallest absolute Gasteiger partial charge is 0.0543 e. The molecule has 1 fully saturated rings. The van der Waals surface area contributed by atoms with E-state index in [1.54, 1.807) is 0 Å². The Bertz CT molecular complexity index is 301. The average molecular weight is 232 g/mol. The summed E-state index contributed by atoms with van der Waals surface area (Å²) in [5.74, 6) is 0.904. The molecule has 0 amide bonds. The highest BCUT2D eigenvalue weighted by Gasteiger charge is 2.16. The van der Waals surface area contributed by atoms with E-state index in [9.17, 15) is 5.11 Å². The van der Waals surface area contributed by atoms with Crippen molar-refractivity contribution in [3.8, 4) is 0 Å². The van der Waals surface area contributed by atoms with Gasteiger partial charge in [0, 0.05) is 0 Å². The van der Waals surface area contributed by atoms with Crippen molar-refractivity contribution < 1.29 is 5.11 Å². The third-order valence-corrected chi connectivity index (χ3v) is 3.99. The highest BCUT2D eigenvalue weighted by atomic mass is 16.3. The molecule has 94 valence electrons. The Kier molecular flexibility index (Phi) is 5.06. The first kappa shape index (κ1) is 12.6. The van der Waals surface area contributed by atoms with Crippen molar-refractivity contribution in [2.45, 2.75) is 57.5 Å². The van der Waals surface area contributed by atoms with Gasteiger partial charge < -0.3 is 5.11 Å². The van der Waals surface area contributed by atoms with Gasteiger partial charge >= 0.3 is 0 Å². The molecule has 0 radical (unpaired) electrons. The van der Waals surface area contributed by atoms with Crippen LogP contribution >= 0.6 is 0 Å². The van der Waals surface area contributed by atoms with Gasteiger partial charge in [-0.2, -0.15) is 0 Å². The Morgan fingerprint density at radius 1 is 1.06 bits per heavy atom. The van der Waals surface area contributed by atoms with Gasteiger partial charge in [0.15, 0.2) is 0 Å². The van der Waals surface area contributed by atoms with E-state index in [4.69, 9.17) is 0 Å². The van der Waals surface area contributed by atoms with Crippen molar-refractivity contribution in [1.82, 2.24) is 0 Å². The molecule has 1 N–H and O–H groups in total. The van der Waals surface area contributed by atoms with Crippen LogP contribution in [0.4, 0.5) is 0 Å². The van der Waals surface area contributed by atoms with E-state index >= 15 is 0 Å². The highest BCUT2D eigenvalue weighted by molar-refractivity contribution is 5.14. The predicted octanol–water partition coefficient (Wildman–Crippen LogP) is 3.95. The SMILES string of the molecule is OC(CCc1ccccc1)CCC1CCCC1. The maximum atomic E-state index is 9.97. The lowest BCUT2D eigenvalue weighted by molar-refractivity contribution is 0.145. The number of hydrogen-bond acceptors (Lipinski definition) is 1. The van der Waals surface area contributed by atoms with Crippen LogP contribution in [0.15, 0.2) is 30.3 Å². The van der Waals surface area contributed by atoms with Crippen LogP contribution in [0, 0.1) is 5.92 Å². The molecule has 1 atom stereocenters. The Balaban J connectivity index is 1.62. The summed E-state index contributed by atoms with van der Waals surface area (Å²) in [6.45, 7) is 0. The number of aliphatic hydroxyl groups is 1. The molecule has 1 aromatic rings. The first-order valence-electron chi connectivity index (χ1n) is 7.06. The number of hydrogen-bond donors (Lipinski definition) is 1. The summed E-state index contributed by atoms with van der Waals surface area (Å²) in [6.07, 6.45) is 9.65.